The van der Waals surface area contributed by atoms with Gasteiger partial charge in [0.25, 0.3) is 5.56 Å². The Morgan fingerprint density at radius 3 is 2.58 bits per heavy atom. The van der Waals surface area contributed by atoms with Crippen molar-refractivity contribution in [2.45, 2.75) is 45.1 Å². The molecule has 0 bridgehead atoms. The van der Waals surface area contributed by atoms with E-state index >= 15 is 0 Å². The number of aromatic amines is 1. The van der Waals surface area contributed by atoms with Crippen LogP contribution in [0.25, 0.3) is 22.4 Å². The highest BCUT2D eigenvalue weighted by Crippen LogP contribution is 2.18. The van der Waals surface area contributed by atoms with Gasteiger partial charge < -0.3 is 9.47 Å². The standard InChI is InChI=1S/C26H33N7O3/c1-30(15-9-5-8-13-20-17-21(29-28-20)19-11-6-4-7-12-19)22(34)14-10-16-33-18-27-24-23(33)25(35)32(3)26(36)31(24)2/h4,6-7,11-12,17-18H,5,8-10,13-16H2,1-3H3,(H,28,29). The maximum atomic E-state index is 12.6. The van der Waals surface area contributed by atoms with Gasteiger partial charge in [-0.25, -0.2) is 9.78 Å². The molecule has 4 rings (SSSR count). The van der Waals surface area contributed by atoms with Gasteiger partial charge in [-0.15, -0.1) is 0 Å². The number of nitrogens with one attached hydrogen (secondary N) is 1. The Morgan fingerprint density at radius 1 is 1.03 bits per heavy atom. The number of H-pyrrole nitrogens is 1. The number of aryl methyl sites for hydroxylation is 3. The molecule has 4 aromatic rings. The first-order valence-corrected chi connectivity index (χ1v) is 12.3. The average molecular weight is 492 g/mol. The molecular weight excluding hydrogens is 458 g/mol. The molecule has 0 saturated heterocycles. The molecular formula is C26H33N7O3. The van der Waals surface area contributed by atoms with Crippen molar-refractivity contribution in [2.24, 2.45) is 14.1 Å². The minimum absolute atomic E-state index is 0.0841. The lowest BCUT2D eigenvalue weighted by atomic mass is 10.1. The predicted octanol–water partition coefficient (Wildman–Crippen LogP) is 2.48. The minimum Gasteiger partial charge on any atom is -0.346 e. The van der Waals surface area contributed by atoms with Gasteiger partial charge in [-0.2, -0.15) is 5.10 Å². The van der Waals surface area contributed by atoms with Gasteiger partial charge in [-0.3, -0.25) is 23.8 Å². The lowest BCUT2D eigenvalue weighted by Crippen LogP contribution is -2.37. The summed E-state index contributed by atoms with van der Waals surface area (Å²) in [6.45, 7) is 1.20. The van der Waals surface area contributed by atoms with Gasteiger partial charge in [0.15, 0.2) is 11.2 Å². The zero-order valence-electron chi connectivity index (χ0n) is 21.1. The van der Waals surface area contributed by atoms with Crippen LogP contribution in [-0.4, -0.2) is 53.3 Å². The monoisotopic (exact) mass is 491 g/mol. The molecule has 36 heavy (non-hydrogen) atoms. The van der Waals surface area contributed by atoms with E-state index in [0.717, 1.165) is 47.2 Å². The van der Waals surface area contributed by atoms with E-state index in [1.807, 2.05) is 25.2 Å². The summed E-state index contributed by atoms with van der Waals surface area (Å²) in [4.78, 5) is 43.1. The van der Waals surface area contributed by atoms with Crippen molar-refractivity contribution in [3.05, 3.63) is 69.3 Å². The number of carbonyl (C=O) groups excluding carboxylic acids is 1. The molecule has 0 unspecified atom stereocenters. The Hall–Kier alpha value is -3.95. The van der Waals surface area contributed by atoms with Crippen molar-refractivity contribution in [3.63, 3.8) is 0 Å². The van der Waals surface area contributed by atoms with Gasteiger partial charge in [-0.1, -0.05) is 36.8 Å². The number of imidazole rings is 1. The molecule has 0 aliphatic carbocycles. The molecule has 0 aliphatic rings. The van der Waals surface area contributed by atoms with Gasteiger partial charge in [0.05, 0.1) is 12.0 Å². The van der Waals surface area contributed by atoms with E-state index in [1.54, 1.807) is 22.8 Å². The number of rotatable bonds is 11. The summed E-state index contributed by atoms with van der Waals surface area (Å²) in [6.07, 6.45) is 6.47. The van der Waals surface area contributed by atoms with E-state index in [9.17, 15) is 14.4 Å². The summed E-state index contributed by atoms with van der Waals surface area (Å²) in [6, 6.07) is 12.2. The smallest absolute Gasteiger partial charge is 0.332 e. The molecule has 0 spiro atoms. The fourth-order valence-electron chi connectivity index (χ4n) is 4.37. The molecule has 0 aliphatic heterocycles. The number of hydrogen-bond donors (Lipinski definition) is 1. The summed E-state index contributed by atoms with van der Waals surface area (Å²) in [5.74, 6) is 0.0841. The van der Waals surface area contributed by atoms with E-state index in [2.05, 4.69) is 33.4 Å². The molecule has 3 heterocycles. The average Bonchev–Trinajstić information content (AvgIpc) is 3.54. The molecule has 0 atom stereocenters. The van der Waals surface area contributed by atoms with Crippen LogP contribution in [0.2, 0.25) is 0 Å². The van der Waals surface area contributed by atoms with Gasteiger partial charge in [-0.05, 0) is 31.7 Å². The fourth-order valence-corrected chi connectivity index (χ4v) is 4.37. The van der Waals surface area contributed by atoms with Crippen molar-refractivity contribution >= 4 is 17.1 Å². The molecule has 1 amide bonds. The van der Waals surface area contributed by atoms with Crippen LogP contribution in [0.3, 0.4) is 0 Å². The second-order valence-corrected chi connectivity index (χ2v) is 9.19. The number of nitrogens with zero attached hydrogens (tertiary/aromatic N) is 6. The number of unbranched alkanes of at least 4 members (excludes halogenated alkanes) is 2. The Balaban J connectivity index is 1.18. The van der Waals surface area contributed by atoms with Crippen LogP contribution in [0, 0.1) is 0 Å². The molecule has 0 fully saturated rings. The lowest BCUT2D eigenvalue weighted by Gasteiger charge is -2.17. The highest BCUT2D eigenvalue weighted by molar-refractivity contribution is 5.75. The van der Waals surface area contributed by atoms with Gasteiger partial charge in [0.1, 0.15) is 0 Å². The molecule has 0 radical (unpaired) electrons. The fraction of sp³-hybridized carbons (Fsp3) is 0.423. The highest BCUT2D eigenvalue weighted by atomic mass is 16.2. The predicted molar refractivity (Wildman–Crippen MR) is 139 cm³/mol. The number of carbonyl (C=O) groups is 1. The molecule has 10 nitrogen and oxygen atoms in total. The van der Waals surface area contributed by atoms with E-state index in [0.29, 0.717) is 37.1 Å². The number of hydrogen-bond acceptors (Lipinski definition) is 5. The quantitative estimate of drug-likeness (QED) is 0.324. The highest BCUT2D eigenvalue weighted by Gasteiger charge is 2.15. The summed E-state index contributed by atoms with van der Waals surface area (Å²) >= 11 is 0. The van der Waals surface area contributed by atoms with Crippen LogP contribution in [0.15, 0.2) is 52.3 Å². The van der Waals surface area contributed by atoms with Gasteiger partial charge >= 0.3 is 5.69 Å². The third-order valence-corrected chi connectivity index (χ3v) is 6.57. The topological polar surface area (TPSA) is 111 Å². The van der Waals surface area contributed by atoms with Crippen LogP contribution in [0.4, 0.5) is 0 Å². The summed E-state index contributed by atoms with van der Waals surface area (Å²) < 4.78 is 4.16. The Bertz CT molecular complexity index is 1450. The lowest BCUT2D eigenvalue weighted by molar-refractivity contribution is -0.130. The SMILES string of the molecule is CN(CCCCCc1cc(-c2ccccc2)n[nH]1)C(=O)CCCn1cnc2c1c(=O)n(C)c(=O)n2C. The van der Waals surface area contributed by atoms with Crippen LogP contribution in [0.1, 0.15) is 37.8 Å². The van der Waals surface area contributed by atoms with Crippen molar-refractivity contribution in [1.82, 2.24) is 33.8 Å². The largest absolute Gasteiger partial charge is 0.346 e. The van der Waals surface area contributed by atoms with E-state index < -0.39 is 5.69 Å². The second kappa shape index (κ2) is 11.2. The second-order valence-electron chi connectivity index (χ2n) is 9.19. The number of amides is 1. The van der Waals surface area contributed by atoms with Crippen LogP contribution >= 0.6 is 0 Å². The third-order valence-electron chi connectivity index (χ3n) is 6.57. The maximum Gasteiger partial charge on any atom is 0.332 e. The molecule has 1 N–H and O–H groups in total. The molecule has 0 saturated carbocycles. The van der Waals surface area contributed by atoms with Crippen LogP contribution < -0.4 is 11.2 Å². The minimum atomic E-state index is -0.406. The normalized spacial score (nSPS) is 11.3. The summed E-state index contributed by atoms with van der Waals surface area (Å²) in [5.41, 5.74) is 3.15. The van der Waals surface area contributed by atoms with E-state index in [4.69, 9.17) is 0 Å². The number of fused-ring (bicyclic) bond motifs is 1. The van der Waals surface area contributed by atoms with E-state index in [1.165, 1.54) is 11.6 Å². The van der Waals surface area contributed by atoms with Crippen molar-refractivity contribution in [2.75, 3.05) is 13.6 Å². The molecule has 1 aromatic carbocycles. The van der Waals surface area contributed by atoms with Crippen molar-refractivity contribution < 1.29 is 4.79 Å². The number of aromatic nitrogens is 6. The first kappa shape index (κ1) is 25.2. The Labute approximate surface area is 209 Å². The zero-order valence-corrected chi connectivity index (χ0v) is 21.1. The van der Waals surface area contributed by atoms with Gasteiger partial charge in [0.2, 0.25) is 5.91 Å². The third kappa shape index (κ3) is 5.48. The number of benzene rings is 1. The Kier molecular flexibility index (Phi) is 7.82. The van der Waals surface area contributed by atoms with Crippen molar-refractivity contribution in [1.29, 1.82) is 0 Å². The molecule has 10 heteroatoms. The summed E-state index contributed by atoms with van der Waals surface area (Å²) in [7, 11) is 4.88. The first-order valence-electron chi connectivity index (χ1n) is 12.3. The van der Waals surface area contributed by atoms with Crippen LogP contribution in [0.5, 0.6) is 0 Å². The van der Waals surface area contributed by atoms with Crippen LogP contribution in [-0.2, 0) is 31.9 Å². The zero-order chi connectivity index (χ0) is 25.7. The van der Waals surface area contributed by atoms with Gasteiger partial charge in [0, 0.05) is 51.9 Å². The molecule has 3 aromatic heterocycles. The maximum absolute atomic E-state index is 12.6. The van der Waals surface area contributed by atoms with Crippen molar-refractivity contribution in [3.8, 4) is 11.3 Å². The summed E-state index contributed by atoms with van der Waals surface area (Å²) in [5, 5.41) is 7.52. The first-order chi connectivity index (χ1) is 17.4. The Morgan fingerprint density at radius 2 is 1.81 bits per heavy atom. The molecule has 190 valence electrons. The van der Waals surface area contributed by atoms with E-state index in [-0.39, 0.29) is 11.5 Å².